The van der Waals surface area contributed by atoms with Crippen LogP contribution in [0.25, 0.3) is 0 Å². The van der Waals surface area contributed by atoms with Gasteiger partial charge in [0.15, 0.2) is 11.6 Å². The Bertz CT molecular complexity index is 792. The SMILES string of the molecule is CCCOCCN(CCN(C)C(=O)CC(C)(C)C1=C(C)C(=O)C(C)=C(C)C1=O)C(C)=O. The van der Waals surface area contributed by atoms with E-state index in [-0.39, 0.29) is 29.8 Å². The number of carbonyl (C=O) groups excluding carboxylic acids is 4. The maximum Gasteiger partial charge on any atom is 0.223 e. The second kappa shape index (κ2) is 11.4. The lowest BCUT2D eigenvalue weighted by Crippen LogP contribution is -2.41. The van der Waals surface area contributed by atoms with Gasteiger partial charge in [0, 0.05) is 74.3 Å². The van der Waals surface area contributed by atoms with Gasteiger partial charge >= 0.3 is 0 Å². The molecule has 1 rings (SSSR count). The van der Waals surface area contributed by atoms with Crippen LogP contribution in [0.5, 0.6) is 0 Å². The topological polar surface area (TPSA) is 84.0 Å². The first-order chi connectivity index (χ1) is 14.3. The van der Waals surface area contributed by atoms with Crippen molar-refractivity contribution in [3.63, 3.8) is 0 Å². The van der Waals surface area contributed by atoms with Crippen LogP contribution in [0.3, 0.4) is 0 Å². The Morgan fingerprint density at radius 2 is 1.48 bits per heavy atom. The smallest absolute Gasteiger partial charge is 0.223 e. The van der Waals surface area contributed by atoms with Gasteiger partial charge < -0.3 is 14.5 Å². The Balaban J connectivity index is 2.79. The zero-order chi connectivity index (χ0) is 23.9. The van der Waals surface area contributed by atoms with E-state index < -0.39 is 5.41 Å². The van der Waals surface area contributed by atoms with Crippen molar-refractivity contribution >= 4 is 23.4 Å². The lowest BCUT2D eigenvalue weighted by Gasteiger charge is -2.33. The molecule has 0 aromatic heterocycles. The van der Waals surface area contributed by atoms with Crippen LogP contribution in [0.1, 0.15) is 61.3 Å². The maximum absolute atomic E-state index is 12.9. The molecule has 0 unspecified atom stereocenters. The van der Waals surface area contributed by atoms with Crippen molar-refractivity contribution in [1.82, 2.24) is 9.80 Å². The largest absolute Gasteiger partial charge is 0.380 e. The van der Waals surface area contributed by atoms with E-state index in [4.69, 9.17) is 4.74 Å². The van der Waals surface area contributed by atoms with Gasteiger partial charge in [0.25, 0.3) is 0 Å². The van der Waals surface area contributed by atoms with Gasteiger partial charge in [-0.3, -0.25) is 19.2 Å². The van der Waals surface area contributed by atoms with Gasteiger partial charge in [-0.05, 0) is 27.2 Å². The van der Waals surface area contributed by atoms with E-state index >= 15 is 0 Å². The van der Waals surface area contributed by atoms with Crippen LogP contribution in [-0.4, -0.2) is 73.1 Å². The highest BCUT2D eigenvalue weighted by Gasteiger charge is 2.38. The van der Waals surface area contributed by atoms with Crippen LogP contribution < -0.4 is 0 Å². The third-order valence-corrected chi connectivity index (χ3v) is 5.89. The van der Waals surface area contributed by atoms with E-state index in [1.807, 2.05) is 20.8 Å². The number of hydrogen-bond donors (Lipinski definition) is 0. The molecule has 0 radical (unpaired) electrons. The molecule has 0 aliphatic heterocycles. The summed E-state index contributed by atoms with van der Waals surface area (Å²) in [5.41, 5.74) is 0.974. The minimum Gasteiger partial charge on any atom is -0.380 e. The molecule has 0 N–H and O–H groups in total. The van der Waals surface area contributed by atoms with Crippen LogP contribution >= 0.6 is 0 Å². The number of hydrogen-bond acceptors (Lipinski definition) is 5. The summed E-state index contributed by atoms with van der Waals surface area (Å²) in [5, 5.41) is 0. The number of Topliss-reactive ketones (excluding diaryl/α,β-unsaturated/α-hetero) is 2. The normalized spacial score (nSPS) is 15.0. The number of ketones is 2. The summed E-state index contributed by atoms with van der Waals surface area (Å²) in [6.45, 7) is 14.6. The molecule has 0 saturated heterocycles. The summed E-state index contributed by atoms with van der Waals surface area (Å²) in [4.78, 5) is 53.4. The van der Waals surface area contributed by atoms with Gasteiger partial charge in [0.05, 0.1) is 6.61 Å². The quantitative estimate of drug-likeness (QED) is 0.369. The van der Waals surface area contributed by atoms with E-state index in [1.165, 1.54) is 6.92 Å². The molecule has 0 fully saturated rings. The number of likely N-dealkylation sites (N-methyl/N-ethyl adjacent to an activating group) is 1. The minimum absolute atomic E-state index is 0.0639. The Kier molecular flexibility index (Phi) is 9.81. The van der Waals surface area contributed by atoms with Crippen LogP contribution in [0.4, 0.5) is 0 Å². The zero-order valence-corrected chi connectivity index (χ0v) is 20.4. The number of allylic oxidation sites excluding steroid dienone is 4. The molecular formula is C24H38N2O5. The Labute approximate surface area is 186 Å². The highest BCUT2D eigenvalue weighted by molar-refractivity contribution is 6.25. The number of ether oxygens (including phenoxy) is 1. The van der Waals surface area contributed by atoms with E-state index in [0.717, 1.165) is 6.42 Å². The molecule has 0 saturated carbocycles. The van der Waals surface area contributed by atoms with Crippen molar-refractivity contribution in [1.29, 1.82) is 0 Å². The molecule has 1 aliphatic carbocycles. The summed E-state index contributed by atoms with van der Waals surface area (Å²) in [5.74, 6) is -0.500. The van der Waals surface area contributed by atoms with E-state index in [1.54, 1.807) is 37.6 Å². The lowest BCUT2D eigenvalue weighted by molar-refractivity contribution is -0.134. The van der Waals surface area contributed by atoms with E-state index in [9.17, 15) is 19.2 Å². The molecule has 0 bridgehead atoms. The summed E-state index contributed by atoms with van der Waals surface area (Å²) >= 11 is 0. The van der Waals surface area contributed by atoms with Crippen molar-refractivity contribution in [2.45, 2.75) is 61.3 Å². The van der Waals surface area contributed by atoms with Gasteiger partial charge in [0.2, 0.25) is 11.8 Å². The molecule has 31 heavy (non-hydrogen) atoms. The molecule has 1 aliphatic rings. The van der Waals surface area contributed by atoms with Crippen LogP contribution in [-0.2, 0) is 23.9 Å². The summed E-state index contributed by atoms with van der Waals surface area (Å²) in [6.07, 6.45) is 1.02. The Morgan fingerprint density at radius 3 is 2.03 bits per heavy atom. The fourth-order valence-electron chi connectivity index (χ4n) is 3.75. The summed E-state index contributed by atoms with van der Waals surface area (Å²) in [6, 6.07) is 0. The average Bonchev–Trinajstić information content (AvgIpc) is 2.69. The number of rotatable bonds is 11. The van der Waals surface area contributed by atoms with Crippen LogP contribution in [0.2, 0.25) is 0 Å². The predicted molar refractivity (Wildman–Crippen MR) is 120 cm³/mol. The van der Waals surface area contributed by atoms with Gasteiger partial charge in [0.1, 0.15) is 0 Å². The van der Waals surface area contributed by atoms with E-state index in [2.05, 4.69) is 0 Å². The summed E-state index contributed by atoms with van der Waals surface area (Å²) < 4.78 is 5.45. The number of nitrogens with zero attached hydrogens (tertiary/aromatic N) is 2. The third-order valence-electron chi connectivity index (χ3n) is 5.89. The van der Waals surface area contributed by atoms with Crippen molar-refractivity contribution in [2.24, 2.45) is 5.41 Å². The molecule has 0 heterocycles. The second-order valence-corrected chi connectivity index (χ2v) is 8.90. The maximum atomic E-state index is 12.9. The minimum atomic E-state index is -0.779. The number of amides is 2. The second-order valence-electron chi connectivity index (χ2n) is 8.90. The molecule has 0 atom stereocenters. The standard InChI is InChI=1S/C24H38N2O5/c1-9-13-31-14-12-26(19(5)27)11-10-25(8)20(28)15-24(6,7)21-18(4)22(29)16(2)17(3)23(21)30/h9-15H2,1-8H3. The van der Waals surface area contributed by atoms with Crippen LogP contribution in [0, 0.1) is 5.41 Å². The fourth-order valence-corrected chi connectivity index (χ4v) is 3.75. The molecule has 174 valence electrons. The molecule has 0 aromatic carbocycles. The zero-order valence-electron chi connectivity index (χ0n) is 20.4. The van der Waals surface area contributed by atoms with Gasteiger partial charge in [-0.1, -0.05) is 20.8 Å². The highest BCUT2D eigenvalue weighted by Crippen LogP contribution is 2.39. The van der Waals surface area contributed by atoms with Crippen LogP contribution in [0.15, 0.2) is 22.3 Å². The predicted octanol–water partition coefficient (Wildman–Crippen LogP) is 2.94. The summed E-state index contributed by atoms with van der Waals surface area (Å²) in [7, 11) is 1.69. The van der Waals surface area contributed by atoms with Gasteiger partial charge in [-0.15, -0.1) is 0 Å². The van der Waals surface area contributed by atoms with Gasteiger partial charge in [-0.25, -0.2) is 0 Å². The molecule has 2 amide bonds. The number of carbonyl (C=O) groups is 4. The van der Waals surface area contributed by atoms with Crippen molar-refractivity contribution in [3.05, 3.63) is 22.3 Å². The first kappa shape index (κ1) is 26.8. The fraction of sp³-hybridized carbons (Fsp3) is 0.667. The van der Waals surface area contributed by atoms with Crippen molar-refractivity contribution in [2.75, 3.05) is 39.9 Å². The first-order valence-electron chi connectivity index (χ1n) is 10.9. The molecule has 7 heteroatoms. The van der Waals surface area contributed by atoms with Gasteiger partial charge in [-0.2, -0.15) is 0 Å². The third kappa shape index (κ3) is 6.86. The van der Waals surface area contributed by atoms with E-state index in [0.29, 0.717) is 55.1 Å². The lowest BCUT2D eigenvalue weighted by atomic mass is 9.71. The van der Waals surface area contributed by atoms with Crippen molar-refractivity contribution in [3.8, 4) is 0 Å². The highest BCUT2D eigenvalue weighted by atomic mass is 16.5. The Morgan fingerprint density at radius 1 is 0.903 bits per heavy atom. The average molecular weight is 435 g/mol. The van der Waals surface area contributed by atoms with Crippen molar-refractivity contribution < 1.29 is 23.9 Å². The molecular weight excluding hydrogens is 396 g/mol. The molecule has 0 spiro atoms. The molecule has 0 aromatic rings. The monoisotopic (exact) mass is 434 g/mol. The molecule has 7 nitrogen and oxygen atoms in total. The Hall–Kier alpha value is -2.28. The first-order valence-corrected chi connectivity index (χ1v) is 10.9.